The summed E-state index contributed by atoms with van der Waals surface area (Å²) in [6.45, 7) is 5.47. The van der Waals surface area contributed by atoms with Gasteiger partial charge in [-0.15, -0.1) is 0 Å². The molecule has 13 heavy (non-hydrogen) atoms. The van der Waals surface area contributed by atoms with E-state index in [2.05, 4.69) is 18.3 Å². The van der Waals surface area contributed by atoms with Crippen molar-refractivity contribution in [2.24, 2.45) is 0 Å². The summed E-state index contributed by atoms with van der Waals surface area (Å²) in [5.41, 5.74) is -0.380. The van der Waals surface area contributed by atoms with Crippen LogP contribution < -0.4 is 5.32 Å². The maximum atomic E-state index is 8.96. The number of unbranched alkanes of at least 4 members (excludes halogenated alkanes) is 1. The molecule has 0 aliphatic carbocycles. The summed E-state index contributed by atoms with van der Waals surface area (Å²) in [5, 5.41) is 12.2. The molecular formula is C10H20N2O. The quantitative estimate of drug-likeness (QED) is 0.612. The van der Waals surface area contributed by atoms with Crippen molar-refractivity contribution in [3.63, 3.8) is 0 Å². The fraction of sp³-hybridized carbons (Fsp3) is 0.900. The van der Waals surface area contributed by atoms with Gasteiger partial charge in [-0.2, -0.15) is 5.26 Å². The van der Waals surface area contributed by atoms with Crippen LogP contribution >= 0.6 is 0 Å². The second-order valence-electron chi connectivity index (χ2n) is 3.47. The topological polar surface area (TPSA) is 45.0 Å². The lowest BCUT2D eigenvalue weighted by molar-refractivity contribution is 0.191. The van der Waals surface area contributed by atoms with Gasteiger partial charge in [-0.3, -0.25) is 5.32 Å². The number of nitrogens with zero attached hydrogens (tertiary/aromatic N) is 1. The van der Waals surface area contributed by atoms with Gasteiger partial charge in [0.15, 0.2) is 0 Å². The Morgan fingerprint density at radius 2 is 2.23 bits per heavy atom. The van der Waals surface area contributed by atoms with Gasteiger partial charge in [0, 0.05) is 13.7 Å². The van der Waals surface area contributed by atoms with E-state index in [4.69, 9.17) is 10.00 Å². The summed E-state index contributed by atoms with van der Waals surface area (Å²) < 4.78 is 4.91. The summed E-state index contributed by atoms with van der Waals surface area (Å²) >= 11 is 0. The van der Waals surface area contributed by atoms with Crippen molar-refractivity contribution in [2.45, 2.75) is 38.6 Å². The van der Waals surface area contributed by atoms with Gasteiger partial charge < -0.3 is 4.74 Å². The summed E-state index contributed by atoms with van der Waals surface area (Å²) in [5.74, 6) is 0. The minimum atomic E-state index is -0.380. The van der Waals surface area contributed by atoms with Crippen LogP contribution in [0.5, 0.6) is 0 Å². The monoisotopic (exact) mass is 184 g/mol. The Kier molecular flexibility index (Phi) is 6.56. The average molecular weight is 184 g/mol. The Morgan fingerprint density at radius 1 is 1.54 bits per heavy atom. The van der Waals surface area contributed by atoms with Gasteiger partial charge in [0.05, 0.1) is 12.7 Å². The van der Waals surface area contributed by atoms with Crippen LogP contribution in [-0.4, -0.2) is 25.8 Å². The minimum Gasteiger partial charge on any atom is -0.383 e. The molecule has 0 unspecified atom stereocenters. The zero-order valence-corrected chi connectivity index (χ0v) is 8.89. The van der Waals surface area contributed by atoms with Gasteiger partial charge in [0.2, 0.25) is 0 Å². The molecule has 0 aliphatic rings. The van der Waals surface area contributed by atoms with Crippen molar-refractivity contribution >= 4 is 0 Å². The number of hydrogen-bond acceptors (Lipinski definition) is 3. The van der Waals surface area contributed by atoms with Crippen LogP contribution in [0.1, 0.15) is 33.1 Å². The first kappa shape index (κ1) is 12.4. The third kappa shape index (κ3) is 5.62. The first-order valence-corrected chi connectivity index (χ1v) is 4.83. The summed E-state index contributed by atoms with van der Waals surface area (Å²) in [6.07, 6.45) is 3.12. The van der Waals surface area contributed by atoms with Gasteiger partial charge in [0.25, 0.3) is 0 Å². The molecule has 1 atom stereocenters. The second-order valence-corrected chi connectivity index (χ2v) is 3.47. The van der Waals surface area contributed by atoms with Gasteiger partial charge in [0.1, 0.15) is 5.54 Å². The molecule has 0 saturated heterocycles. The van der Waals surface area contributed by atoms with E-state index in [9.17, 15) is 0 Å². The van der Waals surface area contributed by atoms with E-state index >= 15 is 0 Å². The van der Waals surface area contributed by atoms with Crippen molar-refractivity contribution in [3.05, 3.63) is 0 Å². The highest BCUT2D eigenvalue weighted by atomic mass is 16.5. The number of rotatable bonds is 7. The molecule has 0 aromatic carbocycles. The smallest absolute Gasteiger partial charge is 0.104 e. The van der Waals surface area contributed by atoms with Crippen LogP contribution in [0.15, 0.2) is 0 Å². The van der Waals surface area contributed by atoms with Crippen LogP contribution in [-0.2, 0) is 4.74 Å². The lowest BCUT2D eigenvalue weighted by atomic mass is 9.97. The number of hydrogen-bond donors (Lipinski definition) is 1. The predicted molar refractivity (Wildman–Crippen MR) is 53.4 cm³/mol. The van der Waals surface area contributed by atoms with Crippen molar-refractivity contribution in [3.8, 4) is 6.07 Å². The van der Waals surface area contributed by atoms with Crippen LogP contribution in [0, 0.1) is 11.3 Å². The first-order chi connectivity index (χ1) is 6.18. The van der Waals surface area contributed by atoms with Crippen molar-refractivity contribution in [1.82, 2.24) is 5.32 Å². The van der Waals surface area contributed by atoms with E-state index in [0.717, 1.165) is 25.8 Å². The molecule has 3 nitrogen and oxygen atoms in total. The molecule has 0 radical (unpaired) electrons. The highest BCUT2D eigenvalue weighted by Crippen LogP contribution is 2.11. The molecule has 0 bridgehead atoms. The largest absolute Gasteiger partial charge is 0.383 e. The molecular weight excluding hydrogens is 164 g/mol. The van der Waals surface area contributed by atoms with Gasteiger partial charge in [-0.05, 0) is 13.3 Å². The number of nitriles is 1. The molecule has 76 valence electrons. The van der Waals surface area contributed by atoms with E-state index < -0.39 is 0 Å². The Balaban J connectivity index is 3.76. The molecule has 0 saturated carbocycles. The van der Waals surface area contributed by atoms with Crippen molar-refractivity contribution in [1.29, 1.82) is 5.26 Å². The van der Waals surface area contributed by atoms with E-state index in [-0.39, 0.29) is 5.54 Å². The summed E-state index contributed by atoms with van der Waals surface area (Å²) in [6, 6.07) is 2.31. The maximum Gasteiger partial charge on any atom is 0.104 e. The Bertz CT molecular complexity index is 165. The molecule has 0 amide bonds. The highest BCUT2D eigenvalue weighted by Gasteiger charge is 2.21. The second kappa shape index (κ2) is 6.88. The average Bonchev–Trinajstić information content (AvgIpc) is 2.15. The van der Waals surface area contributed by atoms with Gasteiger partial charge in [-0.1, -0.05) is 19.8 Å². The van der Waals surface area contributed by atoms with E-state index in [1.165, 1.54) is 0 Å². The molecule has 0 aliphatic heterocycles. The number of ether oxygens (including phenoxy) is 1. The SMILES string of the molecule is CCCC[C@](C)(C#N)NCCOC. The van der Waals surface area contributed by atoms with E-state index in [1.54, 1.807) is 7.11 Å². The van der Waals surface area contributed by atoms with E-state index in [0.29, 0.717) is 6.61 Å². The maximum absolute atomic E-state index is 8.96. The Hall–Kier alpha value is -0.590. The predicted octanol–water partition coefficient (Wildman–Crippen LogP) is 1.69. The summed E-state index contributed by atoms with van der Waals surface area (Å²) in [4.78, 5) is 0. The van der Waals surface area contributed by atoms with Crippen LogP contribution in [0.4, 0.5) is 0 Å². The standard InChI is InChI=1S/C10H20N2O/c1-4-5-6-10(2,9-11)12-7-8-13-3/h12H,4-8H2,1-3H3/t10-/m1/s1. The van der Waals surface area contributed by atoms with Crippen LogP contribution in [0.25, 0.3) is 0 Å². The molecule has 1 N–H and O–H groups in total. The van der Waals surface area contributed by atoms with Gasteiger partial charge >= 0.3 is 0 Å². The van der Waals surface area contributed by atoms with Crippen molar-refractivity contribution in [2.75, 3.05) is 20.3 Å². The molecule has 0 rings (SSSR count). The Labute approximate surface area is 81.1 Å². The lowest BCUT2D eigenvalue weighted by Crippen LogP contribution is -2.42. The zero-order valence-electron chi connectivity index (χ0n) is 8.89. The number of methoxy groups -OCH3 is 1. The highest BCUT2D eigenvalue weighted by molar-refractivity contribution is 5.03. The molecule has 0 fully saturated rings. The number of nitrogens with one attached hydrogen (secondary N) is 1. The molecule has 0 aromatic heterocycles. The van der Waals surface area contributed by atoms with Crippen LogP contribution in [0.3, 0.4) is 0 Å². The van der Waals surface area contributed by atoms with Crippen molar-refractivity contribution < 1.29 is 4.74 Å². The molecule has 0 heterocycles. The minimum absolute atomic E-state index is 0.380. The first-order valence-electron chi connectivity index (χ1n) is 4.83. The molecule has 0 spiro atoms. The fourth-order valence-electron chi connectivity index (χ4n) is 1.14. The zero-order chi connectivity index (χ0) is 10.2. The van der Waals surface area contributed by atoms with E-state index in [1.807, 2.05) is 6.92 Å². The van der Waals surface area contributed by atoms with Gasteiger partial charge in [-0.25, -0.2) is 0 Å². The third-order valence-corrected chi connectivity index (χ3v) is 2.10. The van der Waals surface area contributed by atoms with Crippen LogP contribution in [0.2, 0.25) is 0 Å². The fourth-order valence-corrected chi connectivity index (χ4v) is 1.14. The normalized spacial score (nSPS) is 14.9. The lowest BCUT2D eigenvalue weighted by Gasteiger charge is -2.22. The third-order valence-electron chi connectivity index (χ3n) is 2.10. The Morgan fingerprint density at radius 3 is 2.69 bits per heavy atom. The molecule has 3 heteroatoms. The summed E-state index contributed by atoms with van der Waals surface area (Å²) in [7, 11) is 1.66. The molecule has 0 aromatic rings.